The monoisotopic (exact) mass is 475 g/mol. The minimum Gasteiger partial charge on any atom is -0.480 e. The van der Waals surface area contributed by atoms with Crippen LogP contribution in [0, 0.1) is 11.8 Å². The largest absolute Gasteiger partial charge is 0.480 e. The van der Waals surface area contributed by atoms with Gasteiger partial charge in [0.05, 0.1) is 12.5 Å². The average molecular weight is 476 g/mol. The number of primary amides is 1. The predicted molar refractivity (Wildman–Crippen MR) is 123 cm³/mol. The second kappa shape index (κ2) is 14.7. The third kappa shape index (κ3) is 10.3. The molecule has 4 amide bonds. The van der Waals surface area contributed by atoms with Gasteiger partial charge in [0, 0.05) is 0 Å². The summed E-state index contributed by atoms with van der Waals surface area (Å²) in [5.41, 5.74) is 11.0. The average Bonchev–Trinajstić information content (AvgIpc) is 2.71. The number of rotatable bonds is 15. The number of carboxylic acid groups (broad SMARTS) is 1. The number of hydrogen-bond acceptors (Lipinski definition) is 7. The number of hydrogen-bond donors (Lipinski definition) is 6. The standard InChI is InChI=1S/C20H37N5O6S/c1-6-11(4)16(20(30)31)25-17(27)12(7-8-32-5)23-18(28)13(9-14(21)26)24-19(29)15(22)10(2)3/h10-13,15-16H,6-9,22H2,1-5H3,(H2,21,26)(H,23,28)(H,24,29)(H,25,27)(H,30,31). The van der Waals surface area contributed by atoms with E-state index in [1.165, 1.54) is 11.8 Å². The van der Waals surface area contributed by atoms with E-state index in [1.54, 1.807) is 27.7 Å². The lowest BCUT2D eigenvalue weighted by atomic mass is 9.98. The van der Waals surface area contributed by atoms with Crippen molar-refractivity contribution >= 4 is 41.4 Å². The lowest BCUT2D eigenvalue weighted by molar-refractivity contribution is -0.144. The molecule has 0 bridgehead atoms. The molecule has 0 heterocycles. The van der Waals surface area contributed by atoms with Crippen molar-refractivity contribution in [3.63, 3.8) is 0 Å². The number of aliphatic carboxylic acids is 1. The molecule has 12 heteroatoms. The fraction of sp³-hybridized carbons (Fsp3) is 0.750. The first kappa shape index (κ1) is 29.7. The molecule has 0 radical (unpaired) electrons. The summed E-state index contributed by atoms with van der Waals surface area (Å²) >= 11 is 1.44. The molecular weight excluding hydrogens is 438 g/mol. The smallest absolute Gasteiger partial charge is 0.326 e. The Morgan fingerprint density at radius 3 is 1.91 bits per heavy atom. The van der Waals surface area contributed by atoms with Crippen molar-refractivity contribution in [2.75, 3.05) is 12.0 Å². The Morgan fingerprint density at radius 2 is 1.47 bits per heavy atom. The number of carbonyl (C=O) groups excluding carboxylic acids is 4. The highest BCUT2D eigenvalue weighted by Gasteiger charge is 2.32. The summed E-state index contributed by atoms with van der Waals surface area (Å²) in [5.74, 6) is -4.11. The van der Waals surface area contributed by atoms with Crippen LogP contribution in [0.3, 0.4) is 0 Å². The summed E-state index contributed by atoms with van der Waals surface area (Å²) in [7, 11) is 0. The van der Waals surface area contributed by atoms with Crippen LogP contribution in [0.1, 0.15) is 47.0 Å². The molecule has 0 saturated heterocycles. The summed E-state index contributed by atoms with van der Waals surface area (Å²) in [4.78, 5) is 60.9. The Bertz CT molecular complexity index is 675. The van der Waals surface area contributed by atoms with Gasteiger partial charge in [0.25, 0.3) is 0 Å². The molecule has 5 unspecified atom stereocenters. The second-order valence-electron chi connectivity index (χ2n) is 8.05. The van der Waals surface area contributed by atoms with Gasteiger partial charge >= 0.3 is 5.97 Å². The maximum absolute atomic E-state index is 12.8. The minimum absolute atomic E-state index is 0.207. The van der Waals surface area contributed by atoms with Crippen LogP contribution in [0.2, 0.25) is 0 Å². The summed E-state index contributed by atoms with van der Waals surface area (Å²) in [6, 6.07) is -4.40. The van der Waals surface area contributed by atoms with Crippen LogP contribution in [-0.4, -0.2) is 70.9 Å². The van der Waals surface area contributed by atoms with Crippen molar-refractivity contribution in [1.82, 2.24) is 16.0 Å². The summed E-state index contributed by atoms with van der Waals surface area (Å²) in [6.45, 7) is 6.96. The molecular formula is C20H37N5O6S. The first-order valence-corrected chi connectivity index (χ1v) is 11.9. The fourth-order valence-electron chi connectivity index (χ4n) is 2.69. The van der Waals surface area contributed by atoms with Crippen molar-refractivity contribution in [2.24, 2.45) is 23.3 Å². The van der Waals surface area contributed by atoms with Gasteiger partial charge in [-0.1, -0.05) is 34.1 Å². The van der Waals surface area contributed by atoms with Crippen molar-refractivity contribution in [3.8, 4) is 0 Å². The van der Waals surface area contributed by atoms with E-state index in [4.69, 9.17) is 11.5 Å². The number of nitrogens with two attached hydrogens (primary N) is 2. The molecule has 0 aromatic heterocycles. The Hall–Kier alpha value is -2.34. The van der Waals surface area contributed by atoms with Gasteiger partial charge in [-0.15, -0.1) is 0 Å². The van der Waals surface area contributed by atoms with Crippen LogP contribution in [0.15, 0.2) is 0 Å². The fourth-order valence-corrected chi connectivity index (χ4v) is 3.17. The number of carboxylic acids is 1. The predicted octanol–water partition coefficient (Wildman–Crippen LogP) is -0.817. The topological polar surface area (TPSA) is 194 Å². The number of amides is 4. The van der Waals surface area contributed by atoms with E-state index in [2.05, 4.69) is 16.0 Å². The number of carbonyl (C=O) groups is 5. The zero-order valence-corrected chi connectivity index (χ0v) is 20.2. The van der Waals surface area contributed by atoms with Crippen LogP contribution >= 0.6 is 11.8 Å². The Balaban J connectivity index is 5.53. The highest BCUT2D eigenvalue weighted by Crippen LogP contribution is 2.10. The molecule has 11 nitrogen and oxygen atoms in total. The van der Waals surface area contributed by atoms with E-state index in [0.717, 1.165) is 0 Å². The Labute approximate surface area is 193 Å². The highest BCUT2D eigenvalue weighted by molar-refractivity contribution is 7.98. The molecule has 0 aliphatic heterocycles. The molecule has 8 N–H and O–H groups in total. The van der Waals surface area contributed by atoms with Crippen LogP contribution in [-0.2, 0) is 24.0 Å². The normalized spacial score (nSPS) is 15.7. The lowest BCUT2D eigenvalue weighted by Crippen LogP contribution is -2.58. The van der Waals surface area contributed by atoms with Crippen molar-refractivity contribution in [2.45, 2.75) is 71.1 Å². The molecule has 0 spiro atoms. The first-order valence-electron chi connectivity index (χ1n) is 10.5. The zero-order chi connectivity index (χ0) is 25.0. The van der Waals surface area contributed by atoms with E-state index < -0.39 is 60.2 Å². The summed E-state index contributed by atoms with van der Waals surface area (Å²) < 4.78 is 0. The van der Waals surface area contributed by atoms with Crippen LogP contribution in [0.4, 0.5) is 0 Å². The van der Waals surface area contributed by atoms with Gasteiger partial charge in [0.15, 0.2) is 0 Å². The van der Waals surface area contributed by atoms with Crippen LogP contribution < -0.4 is 27.4 Å². The van der Waals surface area contributed by atoms with Gasteiger partial charge in [-0.2, -0.15) is 11.8 Å². The molecule has 184 valence electrons. The summed E-state index contributed by atoms with van der Waals surface area (Å²) in [5, 5.41) is 16.8. The van der Waals surface area contributed by atoms with E-state index in [1.807, 2.05) is 6.26 Å². The molecule has 0 aromatic carbocycles. The van der Waals surface area contributed by atoms with Gasteiger partial charge in [0.2, 0.25) is 23.6 Å². The molecule has 5 atom stereocenters. The van der Waals surface area contributed by atoms with Gasteiger partial charge in [-0.3, -0.25) is 19.2 Å². The van der Waals surface area contributed by atoms with Crippen molar-refractivity contribution < 1.29 is 29.1 Å². The van der Waals surface area contributed by atoms with Crippen molar-refractivity contribution in [1.29, 1.82) is 0 Å². The van der Waals surface area contributed by atoms with Crippen molar-refractivity contribution in [3.05, 3.63) is 0 Å². The molecule has 0 fully saturated rings. The van der Waals surface area contributed by atoms with Crippen LogP contribution in [0.25, 0.3) is 0 Å². The maximum Gasteiger partial charge on any atom is 0.326 e. The molecule has 0 saturated carbocycles. The maximum atomic E-state index is 12.8. The van der Waals surface area contributed by atoms with E-state index in [9.17, 15) is 29.1 Å². The summed E-state index contributed by atoms with van der Waals surface area (Å²) in [6.07, 6.45) is 2.08. The minimum atomic E-state index is -1.32. The number of thioether (sulfide) groups is 1. The zero-order valence-electron chi connectivity index (χ0n) is 19.3. The third-order valence-corrected chi connectivity index (χ3v) is 5.72. The Kier molecular flexibility index (Phi) is 13.6. The Morgan fingerprint density at radius 1 is 0.938 bits per heavy atom. The van der Waals surface area contributed by atoms with E-state index in [0.29, 0.717) is 12.2 Å². The second-order valence-corrected chi connectivity index (χ2v) is 9.04. The molecule has 0 aliphatic carbocycles. The van der Waals surface area contributed by atoms with Gasteiger partial charge < -0.3 is 32.5 Å². The molecule has 0 rings (SSSR count). The first-order chi connectivity index (χ1) is 14.8. The van der Waals surface area contributed by atoms with Crippen LogP contribution in [0.5, 0.6) is 0 Å². The van der Waals surface area contributed by atoms with Gasteiger partial charge in [-0.25, -0.2) is 4.79 Å². The van der Waals surface area contributed by atoms with Gasteiger partial charge in [0.1, 0.15) is 18.1 Å². The highest BCUT2D eigenvalue weighted by atomic mass is 32.2. The van der Waals surface area contributed by atoms with E-state index in [-0.39, 0.29) is 18.3 Å². The molecule has 0 aromatic rings. The van der Waals surface area contributed by atoms with E-state index >= 15 is 0 Å². The molecule has 32 heavy (non-hydrogen) atoms. The molecule has 0 aliphatic rings. The third-order valence-electron chi connectivity index (χ3n) is 5.08. The number of nitrogens with one attached hydrogen (secondary N) is 3. The lowest BCUT2D eigenvalue weighted by Gasteiger charge is -2.26. The quantitative estimate of drug-likeness (QED) is 0.177. The van der Waals surface area contributed by atoms with Gasteiger partial charge in [-0.05, 0) is 30.3 Å². The SMILES string of the molecule is CCC(C)C(NC(=O)C(CCSC)NC(=O)C(CC(N)=O)NC(=O)C(N)C(C)C)C(=O)O.